The maximum Gasteiger partial charge on any atom is 0.335 e. The van der Waals surface area contributed by atoms with E-state index >= 15 is 0 Å². The van der Waals surface area contributed by atoms with Crippen LogP contribution >= 0.6 is 0 Å². The first kappa shape index (κ1) is 14.7. The molecule has 0 radical (unpaired) electrons. The Hall–Kier alpha value is -3.21. The Morgan fingerprint density at radius 2 is 1.78 bits per heavy atom. The van der Waals surface area contributed by atoms with E-state index in [1.807, 2.05) is 30.3 Å². The molecule has 2 N–H and O–H groups in total. The fourth-order valence-corrected chi connectivity index (χ4v) is 2.40. The van der Waals surface area contributed by atoms with E-state index in [-0.39, 0.29) is 17.9 Å². The van der Waals surface area contributed by atoms with Crippen LogP contribution in [0.25, 0.3) is 10.9 Å². The quantitative estimate of drug-likeness (QED) is 0.776. The van der Waals surface area contributed by atoms with Gasteiger partial charge in [0.1, 0.15) is 0 Å². The number of benzene rings is 2. The number of hydrogen-bond acceptors (Lipinski definition) is 3. The van der Waals surface area contributed by atoms with E-state index in [1.54, 1.807) is 24.4 Å². The summed E-state index contributed by atoms with van der Waals surface area (Å²) in [6, 6.07) is 15.9. The molecule has 2 aromatic carbocycles. The molecule has 0 aliphatic heterocycles. The van der Waals surface area contributed by atoms with Crippen LogP contribution in [0.5, 0.6) is 0 Å². The first-order valence-electron chi connectivity index (χ1n) is 7.09. The number of carbonyl (C=O) groups is 2. The molecule has 5 nitrogen and oxygen atoms in total. The van der Waals surface area contributed by atoms with Crippen molar-refractivity contribution in [1.29, 1.82) is 0 Å². The van der Waals surface area contributed by atoms with E-state index < -0.39 is 5.97 Å². The molecule has 3 rings (SSSR count). The van der Waals surface area contributed by atoms with Gasteiger partial charge in [0.2, 0.25) is 5.91 Å². The van der Waals surface area contributed by atoms with Gasteiger partial charge in [-0.15, -0.1) is 0 Å². The van der Waals surface area contributed by atoms with Crippen LogP contribution in [0.3, 0.4) is 0 Å². The minimum absolute atomic E-state index is 0.00466. The molecule has 3 aromatic rings. The number of fused-ring (bicyclic) bond motifs is 1. The molecule has 0 saturated carbocycles. The zero-order chi connectivity index (χ0) is 16.2. The van der Waals surface area contributed by atoms with Crippen LogP contribution in [0.1, 0.15) is 15.9 Å². The number of para-hydroxylation sites is 1. The Labute approximate surface area is 132 Å². The van der Waals surface area contributed by atoms with E-state index in [0.29, 0.717) is 11.3 Å². The third-order valence-electron chi connectivity index (χ3n) is 3.47. The molecular formula is C18H14N2O3. The predicted octanol–water partition coefficient (Wildman–Crippen LogP) is 3.11. The van der Waals surface area contributed by atoms with Gasteiger partial charge in [0.25, 0.3) is 0 Å². The van der Waals surface area contributed by atoms with Gasteiger partial charge in [0.05, 0.1) is 29.4 Å². The van der Waals surface area contributed by atoms with Crippen LogP contribution in [0.15, 0.2) is 60.8 Å². The number of pyridine rings is 1. The second kappa shape index (κ2) is 6.27. The normalized spacial score (nSPS) is 10.4. The molecule has 0 unspecified atom stereocenters. The molecular weight excluding hydrogens is 292 g/mol. The molecule has 0 bridgehead atoms. The monoisotopic (exact) mass is 306 g/mol. The summed E-state index contributed by atoms with van der Waals surface area (Å²) in [5.74, 6) is -1.32. The minimum Gasteiger partial charge on any atom is -0.478 e. The largest absolute Gasteiger partial charge is 0.478 e. The number of nitrogens with zero attached hydrogens (tertiary/aromatic N) is 1. The summed E-state index contributed by atoms with van der Waals surface area (Å²) in [5.41, 5.74) is 2.05. The first-order chi connectivity index (χ1) is 11.1. The summed E-state index contributed by atoms with van der Waals surface area (Å²) >= 11 is 0. The standard InChI is InChI=1S/C18H14N2O3/c21-17(10-12-5-1-3-7-15(12)18(22)23)20-14-9-13-6-2-4-8-16(13)19-11-14/h1-9,11H,10H2,(H,20,21)(H,22,23). The number of carbonyl (C=O) groups excluding carboxylic acids is 1. The lowest BCUT2D eigenvalue weighted by Crippen LogP contribution is -2.16. The summed E-state index contributed by atoms with van der Waals surface area (Å²) < 4.78 is 0. The van der Waals surface area contributed by atoms with Gasteiger partial charge in [-0.1, -0.05) is 36.4 Å². The highest BCUT2D eigenvalue weighted by Gasteiger charge is 2.12. The molecule has 114 valence electrons. The van der Waals surface area contributed by atoms with Crippen LogP contribution in [0.2, 0.25) is 0 Å². The Balaban J connectivity index is 1.77. The fraction of sp³-hybridized carbons (Fsp3) is 0.0556. The number of aromatic carboxylic acids is 1. The van der Waals surface area contributed by atoms with Crippen molar-refractivity contribution in [3.8, 4) is 0 Å². The Bertz CT molecular complexity index is 890. The van der Waals surface area contributed by atoms with Gasteiger partial charge in [-0.25, -0.2) is 4.79 Å². The molecule has 23 heavy (non-hydrogen) atoms. The summed E-state index contributed by atoms with van der Waals surface area (Å²) in [7, 11) is 0. The highest BCUT2D eigenvalue weighted by Crippen LogP contribution is 2.17. The van der Waals surface area contributed by atoms with E-state index in [2.05, 4.69) is 10.3 Å². The Kier molecular flexibility index (Phi) is 4.01. The van der Waals surface area contributed by atoms with Gasteiger partial charge in [0, 0.05) is 5.39 Å². The number of amides is 1. The summed E-state index contributed by atoms with van der Waals surface area (Å²) in [5, 5.41) is 12.8. The molecule has 1 amide bonds. The number of hydrogen-bond donors (Lipinski definition) is 2. The fourth-order valence-electron chi connectivity index (χ4n) is 2.40. The topological polar surface area (TPSA) is 79.3 Å². The third kappa shape index (κ3) is 3.35. The lowest BCUT2D eigenvalue weighted by atomic mass is 10.0. The van der Waals surface area contributed by atoms with Crippen LogP contribution in [0.4, 0.5) is 5.69 Å². The van der Waals surface area contributed by atoms with Crippen molar-refractivity contribution in [1.82, 2.24) is 4.98 Å². The molecule has 1 heterocycles. The van der Waals surface area contributed by atoms with E-state index in [1.165, 1.54) is 6.07 Å². The van der Waals surface area contributed by atoms with Crippen molar-refractivity contribution in [3.63, 3.8) is 0 Å². The van der Waals surface area contributed by atoms with Gasteiger partial charge >= 0.3 is 5.97 Å². The lowest BCUT2D eigenvalue weighted by molar-refractivity contribution is -0.115. The number of carboxylic acid groups (broad SMARTS) is 1. The number of nitrogens with one attached hydrogen (secondary N) is 1. The average Bonchev–Trinajstić information content (AvgIpc) is 2.55. The van der Waals surface area contributed by atoms with Crippen molar-refractivity contribution >= 4 is 28.5 Å². The number of aromatic nitrogens is 1. The molecule has 0 aliphatic carbocycles. The van der Waals surface area contributed by atoms with Crippen LogP contribution in [-0.4, -0.2) is 22.0 Å². The second-order valence-electron chi connectivity index (χ2n) is 5.10. The Morgan fingerprint density at radius 3 is 2.61 bits per heavy atom. The van der Waals surface area contributed by atoms with Crippen LogP contribution in [0, 0.1) is 0 Å². The van der Waals surface area contributed by atoms with Crippen molar-refractivity contribution in [2.24, 2.45) is 0 Å². The number of carboxylic acids is 1. The van der Waals surface area contributed by atoms with Crippen molar-refractivity contribution in [2.75, 3.05) is 5.32 Å². The maximum atomic E-state index is 12.2. The predicted molar refractivity (Wildman–Crippen MR) is 87.5 cm³/mol. The van der Waals surface area contributed by atoms with Crippen molar-refractivity contribution in [2.45, 2.75) is 6.42 Å². The molecule has 0 saturated heterocycles. The molecule has 0 fully saturated rings. The number of anilines is 1. The average molecular weight is 306 g/mol. The second-order valence-corrected chi connectivity index (χ2v) is 5.10. The minimum atomic E-state index is -1.04. The van der Waals surface area contributed by atoms with Crippen LogP contribution in [-0.2, 0) is 11.2 Å². The zero-order valence-corrected chi connectivity index (χ0v) is 12.2. The smallest absolute Gasteiger partial charge is 0.335 e. The van der Waals surface area contributed by atoms with Crippen molar-refractivity contribution in [3.05, 3.63) is 71.9 Å². The summed E-state index contributed by atoms with van der Waals surface area (Å²) in [6.45, 7) is 0. The van der Waals surface area contributed by atoms with E-state index in [0.717, 1.165) is 10.9 Å². The van der Waals surface area contributed by atoms with Crippen LogP contribution < -0.4 is 5.32 Å². The molecule has 0 spiro atoms. The summed E-state index contributed by atoms with van der Waals surface area (Å²) in [6.07, 6.45) is 1.58. The molecule has 1 aromatic heterocycles. The SMILES string of the molecule is O=C(Cc1ccccc1C(=O)O)Nc1cnc2ccccc2c1. The van der Waals surface area contributed by atoms with Gasteiger partial charge in [-0.2, -0.15) is 0 Å². The Morgan fingerprint density at radius 1 is 1.04 bits per heavy atom. The number of rotatable bonds is 4. The highest BCUT2D eigenvalue weighted by atomic mass is 16.4. The molecule has 0 atom stereocenters. The summed E-state index contributed by atoms with van der Waals surface area (Å²) in [4.78, 5) is 27.6. The van der Waals surface area contributed by atoms with Crippen molar-refractivity contribution < 1.29 is 14.7 Å². The zero-order valence-electron chi connectivity index (χ0n) is 12.2. The van der Waals surface area contributed by atoms with Gasteiger partial charge in [0.15, 0.2) is 0 Å². The maximum absolute atomic E-state index is 12.2. The van der Waals surface area contributed by atoms with Gasteiger partial charge < -0.3 is 10.4 Å². The third-order valence-corrected chi connectivity index (χ3v) is 3.47. The van der Waals surface area contributed by atoms with Gasteiger partial charge in [-0.3, -0.25) is 9.78 Å². The first-order valence-corrected chi connectivity index (χ1v) is 7.09. The van der Waals surface area contributed by atoms with Gasteiger partial charge in [-0.05, 0) is 23.8 Å². The molecule has 5 heteroatoms. The lowest BCUT2D eigenvalue weighted by Gasteiger charge is -2.08. The van der Waals surface area contributed by atoms with E-state index in [4.69, 9.17) is 5.11 Å². The molecule has 0 aliphatic rings. The van der Waals surface area contributed by atoms with E-state index in [9.17, 15) is 9.59 Å². The highest BCUT2D eigenvalue weighted by molar-refractivity contribution is 5.97.